The number of ether oxygens (including phenoxy) is 3. The molecule has 3 amide bonds. The standard InChI is InChI=1S/C34H39N5O9S/c1-7-16-46-32(42)37-29(34(4,5)6)31(41)38-18-26(48-33(43)47-25-14-12-24(13-15-25)39(44)45)17-27(38)30(40)36-20(2)22-8-10-23(11-9-22)28-21(3)35-19-49-28/h7-15,19-20,26-27,29H,1,16-18H2,2-6H3,(H,36,40)(H,37,42)/t20-,26+,27-,29+/m0/s1. The molecule has 1 fully saturated rings. The summed E-state index contributed by atoms with van der Waals surface area (Å²) in [6.45, 7) is 12.3. The Morgan fingerprint density at radius 1 is 1.12 bits per heavy atom. The number of alkyl carbamates (subject to hydrolysis) is 1. The van der Waals surface area contributed by atoms with Gasteiger partial charge in [-0.2, -0.15) is 0 Å². The second-order valence-corrected chi connectivity index (χ2v) is 13.4. The summed E-state index contributed by atoms with van der Waals surface area (Å²) in [5.41, 5.74) is 3.55. The van der Waals surface area contributed by atoms with E-state index in [2.05, 4.69) is 22.2 Å². The maximum Gasteiger partial charge on any atom is 0.514 e. The molecule has 49 heavy (non-hydrogen) atoms. The molecule has 0 saturated carbocycles. The Bertz CT molecular complexity index is 1680. The van der Waals surface area contributed by atoms with Gasteiger partial charge in [0.15, 0.2) is 0 Å². The third kappa shape index (κ3) is 9.41. The summed E-state index contributed by atoms with van der Waals surface area (Å²) in [5, 5.41) is 16.5. The Morgan fingerprint density at radius 3 is 2.37 bits per heavy atom. The Labute approximate surface area is 287 Å². The Hall–Kier alpha value is -5.31. The number of nitro benzene ring substituents is 1. The first-order chi connectivity index (χ1) is 23.2. The molecule has 2 N–H and O–H groups in total. The third-order valence-electron chi connectivity index (χ3n) is 7.84. The zero-order valence-corrected chi connectivity index (χ0v) is 28.7. The molecule has 15 heteroatoms. The maximum absolute atomic E-state index is 14.1. The molecule has 0 spiro atoms. The highest BCUT2D eigenvalue weighted by molar-refractivity contribution is 7.13. The minimum Gasteiger partial charge on any atom is -0.445 e. The molecule has 1 aliphatic heterocycles. The number of thiazole rings is 1. The lowest BCUT2D eigenvalue weighted by atomic mass is 9.85. The lowest BCUT2D eigenvalue weighted by Crippen LogP contribution is -2.58. The second kappa shape index (κ2) is 15.7. The van der Waals surface area contributed by atoms with Crippen molar-refractivity contribution in [2.75, 3.05) is 13.2 Å². The van der Waals surface area contributed by atoms with Crippen molar-refractivity contribution in [3.8, 4) is 16.2 Å². The Balaban J connectivity index is 1.52. The molecule has 1 aromatic heterocycles. The zero-order chi connectivity index (χ0) is 35.9. The molecule has 0 unspecified atom stereocenters. The summed E-state index contributed by atoms with van der Waals surface area (Å²) >= 11 is 1.54. The fourth-order valence-electron chi connectivity index (χ4n) is 5.27. The first-order valence-electron chi connectivity index (χ1n) is 15.5. The summed E-state index contributed by atoms with van der Waals surface area (Å²) in [6, 6.07) is 9.95. The van der Waals surface area contributed by atoms with E-state index in [-0.39, 0.29) is 31.0 Å². The lowest BCUT2D eigenvalue weighted by Gasteiger charge is -2.35. The van der Waals surface area contributed by atoms with Crippen LogP contribution >= 0.6 is 11.3 Å². The topological polar surface area (TPSA) is 179 Å². The molecule has 3 aromatic rings. The minimum atomic E-state index is -1.12. The quantitative estimate of drug-likeness (QED) is 0.0830. The van der Waals surface area contributed by atoms with Gasteiger partial charge in [0.25, 0.3) is 5.69 Å². The fourth-order valence-corrected chi connectivity index (χ4v) is 6.08. The smallest absolute Gasteiger partial charge is 0.445 e. The van der Waals surface area contributed by atoms with E-state index in [4.69, 9.17) is 14.2 Å². The van der Waals surface area contributed by atoms with Gasteiger partial charge in [-0.05, 0) is 42.5 Å². The molecule has 1 aliphatic rings. The molecule has 4 atom stereocenters. The zero-order valence-electron chi connectivity index (χ0n) is 27.8. The van der Waals surface area contributed by atoms with Gasteiger partial charge >= 0.3 is 12.2 Å². The molecule has 14 nitrogen and oxygen atoms in total. The van der Waals surface area contributed by atoms with Crippen molar-refractivity contribution in [2.45, 2.75) is 65.3 Å². The van der Waals surface area contributed by atoms with E-state index in [1.165, 1.54) is 46.6 Å². The van der Waals surface area contributed by atoms with Gasteiger partial charge in [0.1, 0.15) is 30.5 Å². The molecule has 0 bridgehead atoms. The molecular formula is C34H39N5O9S. The van der Waals surface area contributed by atoms with Gasteiger partial charge in [-0.1, -0.05) is 57.7 Å². The number of nitrogens with zero attached hydrogens (tertiary/aromatic N) is 3. The van der Waals surface area contributed by atoms with Gasteiger partial charge in [0.05, 0.1) is 33.6 Å². The SMILES string of the molecule is C=CCOC(=O)N[C@H](C(=O)N1C[C@H](OC(=O)Oc2ccc([N+](=O)[O-])cc2)C[C@H]1C(=O)N[C@@H](C)c1ccc(-c2scnc2C)cc1)C(C)(C)C. The molecule has 0 radical (unpaired) electrons. The van der Waals surface area contributed by atoms with Crippen LogP contribution in [0.1, 0.15) is 51.4 Å². The van der Waals surface area contributed by atoms with Crippen LogP contribution in [0.15, 0.2) is 66.7 Å². The summed E-state index contributed by atoms with van der Waals surface area (Å²) in [7, 11) is 0. The van der Waals surface area contributed by atoms with Crippen molar-refractivity contribution >= 4 is 41.1 Å². The normalized spacial score (nSPS) is 17.0. The van der Waals surface area contributed by atoms with Crippen LogP contribution in [0, 0.1) is 22.5 Å². The number of amides is 3. The van der Waals surface area contributed by atoms with Crippen LogP contribution in [-0.4, -0.2) is 70.2 Å². The van der Waals surface area contributed by atoms with E-state index < -0.39 is 58.6 Å². The van der Waals surface area contributed by atoms with Crippen molar-refractivity contribution in [3.63, 3.8) is 0 Å². The molecule has 2 aromatic carbocycles. The number of hydrogen-bond donors (Lipinski definition) is 2. The summed E-state index contributed by atoms with van der Waals surface area (Å²) in [5.74, 6) is -1.05. The van der Waals surface area contributed by atoms with E-state index in [0.717, 1.165) is 21.7 Å². The number of aromatic nitrogens is 1. The number of non-ortho nitro benzene ring substituents is 1. The predicted molar refractivity (Wildman–Crippen MR) is 181 cm³/mol. The second-order valence-electron chi connectivity index (χ2n) is 12.5. The highest BCUT2D eigenvalue weighted by Gasteiger charge is 2.46. The number of nitrogens with one attached hydrogen (secondary N) is 2. The molecule has 4 rings (SSSR count). The monoisotopic (exact) mass is 693 g/mol. The molecule has 2 heterocycles. The van der Waals surface area contributed by atoms with Crippen molar-refractivity contribution in [1.29, 1.82) is 0 Å². The van der Waals surface area contributed by atoms with Crippen LogP contribution in [0.5, 0.6) is 5.75 Å². The van der Waals surface area contributed by atoms with Crippen molar-refractivity contribution < 1.29 is 38.3 Å². The van der Waals surface area contributed by atoms with Crippen LogP contribution in [0.25, 0.3) is 10.4 Å². The summed E-state index contributed by atoms with van der Waals surface area (Å²) < 4.78 is 15.7. The van der Waals surface area contributed by atoms with Crippen molar-refractivity contribution in [2.24, 2.45) is 5.41 Å². The van der Waals surface area contributed by atoms with Crippen molar-refractivity contribution in [1.82, 2.24) is 20.5 Å². The number of benzene rings is 2. The number of carbonyl (C=O) groups excluding carboxylic acids is 4. The van der Waals surface area contributed by atoms with E-state index in [0.29, 0.717) is 0 Å². The van der Waals surface area contributed by atoms with Gasteiger partial charge < -0.3 is 29.7 Å². The summed E-state index contributed by atoms with van der Waals surface area (Å²) in [6.07, 6.45) is -1.56. The highest BCUT2D eigenvalue weighted by Crippen LogP contribution is 2.30. The average Bonchev–Trinajstić information content (AvgIpc) is 3.68. The fraction of sp³-hybridized carbons (Fsp3) is 0.382. The number of nitro groups is 1. The van der Waals surface area contributed by atoms with Gasteiger partial charge in [-0.25, -0.2) is 14.6 Å². The van der Waals surface area contributed by atoms with E-state index in [1.54, 1.807) is 26.3 Å². The van der Waals surface area contributed by atoms with Gasteiger partial charge in [-0.3, -0.25) is 19.7 Å². The van der Waals surface area contributed by atoms with Crippen LogP contribution < -0.4 is 15.4 Å². The van der Waals surface area contributed by atoms with Crippen LogP contribution in [0.3, 0.4) is 0 Å². The van der Waals surface area contributed by atoms with Crippen molar-refractivity contribution in [3.05, 3.63) is 88.1 Å². The molecule has 0 aliphatic carbocycles. The lowest BCUT2D eigenvalue weighted by molar-refractivity contribution is -0.384. The average molecular weight is 694 g/mol. The van der Waals surface area contributed by atoms with Gasteiger partial charge in [0, 0.05) is 18.6 Å². The first-order valence-corrected chi connectivity index (χ1v) is 16.3. The highest BCUT2D eigenvalue weighted by atomic mass is 32.1. The number of carbonyl (C=O) groups is 4. The van der Waals surface area contributed by atoms with Crippen LogP contribution in [-0.2, 0) is 19.1 Å². The van der Waals surface area contributed by atoms with E-state index in [1.807, 2.05) is 38.1 Å². The first kappa shape index (κ1) is 36.5. The number of rotatable bonds is 11. The maximum atomic E-state index is 14.1. The Kier molecular flexibility index (Phi) is 11.7. The largest absolute Gasteiger partial charge is 0.514 e. The van der Waals surface area contributed by atoms with Crippen LogP contribution in [0.4, 0.5) is 15.3 Å². The minimum absolute atomic E-state index is 0.0104. The number of hydrogen-bond acceptors (Lipinski definition) is 11. The molecular weight excluding hydrogens is 654 g/mol. The predicted octanol–water partition coefficient (Wildman–Crippen LogP) is 5.72. The number of likely N-dealkylation sites (tertiary alicyclic amines) is 1. The van der Waals surface area contributed by atoms with E-state index >= 15 is 0 Å². The van der Waals surface area contributed by atoms with Crippen LogP contribution in [0.2, 0.25) is 0 Å². The molecule has 260 valence electrons. The van der Waals surface area contributed by atoms with E-state index in [9.17, 15) is 29.3 Å². The molecule has 1 saturated heterocycles. The van der Waals surface area contributed by atoms with Gasteiger partial charge in [-0.15, -0.1) is 11.3 Å². The Morgan fingerprint density at radius 2 is 1.80 bits per heavy atom. The van der Waals surface area contributed by atoms with Gasteiger partial charge in [0.2, 0.25) is 11.8 Å². The number of aryl methyl sites for hydroxylation is 1. The summed E-state index contributed by atoms with van der Waals surface area (Å²) in [4.78, 5) is 70.1. The third-order valence-corrected chi connectivity index (χ3v) is 8.82.